The van der Waals surface area contributed by atoms with Crippen LogP contribution in [0.25, 0.3) is 0 Å². The van der Waals surface area contributed by atoms with Crippen molar-refractivity contribution in [2.45, 2.75) is 6.92 Å². The lowest BCUT2D eigenvalue weighted by Gasteiger charge is -2.32. The highest BCUT2D eigenvalue weighted by atomic mass is 15.5. The van der Waals surface area contributed by atoms with E-state index in [2.05, 4.69) is 37.7 Å². The van der Waals surface area contributed by atoms with Gasteiger partial charge in [0.15, 0.2) is 0 Å². The summed E-state index contributed by atoms with van der Waals surface area (Å²) < 4.78 is 0. The highest BCUT2D eigenvalue weighted by Crippen LogP contribution is 2.08. The SMILES string of the molecule is CCNc1nccc(NN2CCN(C)CC2)n1. The highest BCUT2D eigenvalue weighted by Gasteiger charge is 2.13. The summed E-state index contributed by atoms with van der Waals surface area (Å²) in [6, 6.07) is 1.89. The molecule has 0 aromatic carbocycles. The van der Waals surface area contributed by atoms with Crippen LogP contribution in [0, 0.1) is 0 Å². The van der Waals surface area contributed by atoms with Gasteiger partial charge in [-0.05, 0) is 14.0 Å². The number of anilines is 2. The molecule has 94 valence electrons. The predicted octanol–water partition coefficient (Wildman–Crippen LogP) is 0.483. The summed E-state index contributed by atoms with van der Waals surface area (Å²) in [5, 5.41) is 5.30. The first-order valence-electron chi connectivity index (χ1n) is 6.05. The zero-order valence-corrected chi connectivity index (χ0v) is 10.5. The van der Waals surface area contributed by atoms with E-state index in [1.165, 1.54) is 0 Å². The van der Waals surface area contributed by atoms with Crippen LogP contribution in [0.2, 0.25) is 0 Å². The topological polar surface area (TPSA) is 56.3 Å². The molecule has 1 aliphatic heterocycles. The molecule has 0 amide bonds. The molecule has 2 heterocycles. The summed E-state index contributed by atoms with van der Waals surface area (Å²) in [7, 11) is 2.14. The minimum Gasteiger partial charge on any atom is -0.354 e. The van der Waals surface area contributed by atoms with E-state index < -0.39 is 0 Å². The first kappa shape index (κ1) is 12.1. The number of likely N-dealkylation sites (N-methyl/N-ethyl adjacent to an activating group) is 1. The summed E-state index contributed by atoms with van der Waals surface area (Å²) in [5.41, 5.74) is 3.32. The van der Waals surface area contributed by atoms with Crippen molar-refractivity contribution in [1.82, 2.24) is 19.9 Å². The van der Waals surface area contributed by atoms with Crippen molar-refractivity contribution in [3.8, 4) is 0 Å². The van der Waals surface area contributed by atoms with E-state index >= 15 is 0 Å². The fourth-order valence-corrected chi connectivity index (χ4v) is 1.74. The summed E-state index contributed by atoms with van der Waals surface area (Å²) in [6.07, 6.45) is 1.77. The number of hydrogen-bond acceptors (Lipinski definition) is 6. The van der Waals surface area contributed by atoms with Gasteiger partial charge in [-0.15, -0.1) is 0 Å². The molecule has 0 atom stereocenters. The molecule has 0 radical (unpaired) electrons. The van der Waals surface area contributed by atoms with Crippen LogP contribution in [0.1, 0.15) is 6.92 Å². The summed E-state index contributed by atoms with van der Waals surface area (Å²) in [5.74, 6) is 1.52. The van der Waals surface area contributed by atoms with E-state index in [0.717, 1.165) is 38.5 Å². The number of piperazine rings is 1. The molecule has 1 aliphatic rings. The Morgan fingerprint density at radius 3 is 2.76 bits per heavy atom. The summed E-state index contributed by atoms with van der Waals surface area (Å²) in [6.45, 7) is 7.05. The van der Waals surface area contributed by atoms with Crippen molar-refractivity contribution in [1.29, 1.82) is 0 Å². The fourth-order valence-electron chi connectivity index (χ4n) is 1.74. The molecule has 6 heteroatoms. The second-order valence-electron chi connectivity index (χ2n) is 4.20. The number of nitrogens with one attached hydrogen (secondary N) is 2. The lowest BCUT2D eigenvalue weighted by atomic mass is 10.4. The molecule has 0 spiro atoms. The molecular formula is C11H20N6. The van der Waals surface area contributed by atoms with Gasteiger partial charge in [0.2, 0.25) is 5.95 Å². The second-order valence-corrected chi connectivity index (χ2v) is 4.20. The maximum atomic E-state index is 4.39. The van der Waals surface area contributed by atoms with Gasteiger partial charge < -0.3 is 15.6 Å². The molecule has 2 N–H and O–H groups in total. The number of rotatable bonds is 4. The third kappa shape index (κ3) is 3.54. The average Bonchev–Trinajstić information content (AvgIpc) is 2.33. The van der Waals surface area contributed by atoms with Crippen LogP contribution in [0.4, 0.5) is 11.8 Å². The Morgan fingerprint density at radius 2 is 2.06 bits per heavy atom. The molecule has 2 rings (SSSR count). The minimum atomic E-state index is 0.673. The van der Waals surface area contributed by atoms with E-state index in [-0.39, 0.29) is 0 Å². The van der Waals surface area contributed by atoms with Crippen molar-refractivity contribution in [2.24, 2.45) is 0 Å². The first-order valence-corrected chi connectivity index (χ1v) is 6.05. The van der Waals surface area contributed by atoms with Gasteiger partial charge in [-0.2, -0.15) is 4.98 Å². The Kier molecular flexibility index (Phi) is 4.11. The van der Waals surface area contributed by atoms with Gasteiger partial charge in [0.05, 0.1) is 0 Å². The van der Waals surface area contributed by atoms with Crippen LogP contribution in [0.15, 0.2) is 12.3 Å². The molecule has 0 aliphatic carbocycles. The Morgan fingerprint density at radius 1 is 1.29 bits per heavy atom. The normalized spacial score (nSPS) is 18.0. The Balaban J connectivity index is 1.91. The maximum Gasteiger partial charge on any atom is 0.224 e. The molecular weight excluding hydrogens is 216 g/mol. The van der Waals surface area contributed by atoms with Gasteiger partial charge in [0.1, 0.15) is 5.82 Å². The third-order valence-electron chi connectivity index (χ3n) is 2.77. The van der Waals surface area contributed by atoms with E-state index in [0.29, 0.717) is 5.95 Å². The number of hydrazine groups is 1. The molecule has 17 heavy (non-hydrogen) atoms. The number of hydrogen-bond donors (Lipinski definition) is 2. The monoisotopic (exact) mass is 236 g/mol. The Hall–Kier alpha value is -1.40. The molecule has 1 aromatic heterocycles. The van der Waals surface area contributed by atoms with Crippen molar-refractivity contribution < 1.29 is 0 Å². The molecule has 0 bridgehead atoms. The van der Waals surface area contributed by atoms with E-state index in [4.69, 9.17) is 0 Å². The average molecular weight is 236 g/mol. The quantitative estimate of drug-likeness (QED) is 0.793. The van der Waals surface area contributed by atoms with Crippen LogP contribution < -0.4 is 10.7 Å². The molecule has 1 fully saturated rings. The lowest BCUT2D eigenvalue weighted by Crippen LogP contribution is -2.47. The largest absolute Gasteiger partial charge is 0.354 e. The zero-order valence-electron chi connectivity index (χ0n) is 10.5. The van der Waals surface area contributed by atoms with E-state index in [9.17, 15) is 0 Å². The maximum absolute atomic E-state index is 4.39. The van der Waals surface area contributed by atoms with Crippen molar-refractivity contribution in [3.63, 3.8) is 0 Å². The van der Waals surface area contributed by atoms with Gasteiger partial charge in [-0.25, -0.2) is 9.99 Å². The summed E-state index contributed by atoms with van der Waals surface area (Å²) >= 11 is 0. The lowest BCUT2D eigenvalue weighted by molar-refractivity contribution is 0.178. The van der Waals surface area contributed by atoms with Gasteiger partial charge >= 0.3 is 0 Å². The van der Waals surface area contributed by atoms with Gasteiger partial charge in [-0.3, -0.25) is 0 Å². The number of nitrogens with zero attached hydrogens (tertiary/aromatic N) is 4. The smallest absolute Gasteiger partial charge is 0.224 e. The van der Waals surface area contributed by atoms with Crippen LogP contribution in [-0.4, -0.2) is 59.6 Å². The van der Waals surface area contributed by atoms with Crippen LogP contribution in [-0.2, 0) is 0 Å². The Labute approximate surface area is 102 Å². The van der Waals surface area contributed by atoms with Gasteiger partial charge in [0.25, 0.3) is 0 Å². The van der Waals surface area contributed by atoms with Crippen LogP contribution in [0.5, 0.6) is 0 Å². The first-order chi connectivity index (χ1) is 8.28. The number of aromatic nitrogens is 2. The fraction of sp³-hybridized carbons (Fsp3) is 0.636. The van der Waals surface area contributed by atoms with Crippen LogP contribution >= 0.6 is 0 Å². The van der Waals surface area contributed by atoms with Crippen molar-refractivity contribution in [3.05, 3.63) is 12.3 Å². The molecule has 6 nitrogen and oxygen atoms in total. The third-order valence-corrected chi connectivity index (χ3v) is 2.77. The molecule has 0 unspecified atom stereocenters. The molecule has 0 saturated carbocycles. The second kappa shape index (κ2) is 5.79. The van der Waals surface area contributed by atoms with Crippen molar-refractivity contribution in [2.75, 3.05) is 50.5 Å². The van der Waals surface area contributed by atoms with E-state index in [1.807, 2.05) is 13.0 Å². The van der Waals surface area contributed by atoms with Crippen molar-refractivity contribution >= 4 is 11.8 Å². The minimum absolute atomic E-state index is 0.673. The summed E-state index contributed by atoms with van der Waals surface area (Å²) in [4.78, 5) is 10.9. The van der Waals surface area contributed by atoms with Crippen LogP contribution in [0.3, 0.4) is 0 Å². The molecule has 1 saturated heterocycles. The van der Waals surface area contributed by atoms with Gasteiger partial charge in [0, 0.05) is 45.0 Å². The van der Waals surface area contributed by atoms with E-state index in [1.54, 1.807) is 6.20 Å². The zero-order chi connectivity index (χ0) is 12.1. The Bertz CT molecular complexity index is 348. The van der Waals surface area contributed by atoms with Gasteiger partial charge in [-0.1, -0.05) is 0 Å². The molecule has 1 aromatic rings. The predicted molar refractivity (Wildman–Crippen MR) is 68.9 cm³/mol. The standard InChI is InChI=1S/C11H20N6/c1-3-12-11-13-5-4-10(14-11)15-17-8-6-16(2)7-9-17/h4-5H,3,6-9H2,1-2H3,(H2,12,13,14,15). The highest BCUT2D eigenvalue weighted by molar-refractivity contribution is 5.38.